The molecule has 0 spiro atoms. The van der Waals surface area contributed by atoms with Gasteiger partial charge in [-0.15, -0.1) is 0 Å². The van der Waals surface area contributed by atoms with E-state index in [1.165, 1.54) is 103 Å². The van der Waals surface area contributed by atoms with Crippen LogP contribution in [0.3, 0.4) is 0 Å². The van der Waals surface area contributed by atoms with Crippen molar-refractivity contribution in [3.63, 3.8) is 0 Å². The molecule has 0 aromatic rings. The van der Waals surface area contributed by atoms with E-state index < -0.39 is 0 Å². The lowest BCUT2D eigenvalue weighted by atomic mass is 10.0. The first-order chi connectivity index (χ1) is 19.4. The number of ether oxygens (including phenoxy) is 7. The number of unbranched alkanes of at least 4 members (excludes halogenated alkanes) is 15. The second kappa shape index (κ2) is 37.3. The van der Waals surface area contributed by atoms with Crippen LogP contribution in [0.4, 0.5) is 0 Å². The maximum absolute atomic E-state index is 5.67. The average molecular weight is 561 g/mol. The zero-order valence-electron chi connectivity index (χ0n) is 25.6. The van der Waals surface area contributed by atoms with Gasteiger partial charge in [0.05, 0.1) is 78.9 Å². The summed E-state index contributed by atoms with van der Waals surface area (Å²) in [6.07, 6.45) is 23.7. The minimum absolute atomic E-state index is 0.519. The molecule has 0 aromatic heterocycles. The first kappa shape index (κ1) is 38.3. The third kappa shape index (κ3) is 37.3. The van der Waals surface area contributed by atoms with Gasteiger partial charge in [0, 0.05) is 6.61 Å². The van der Waals surface area contributed by atoms with Crippen LogP contribution in [0, 0.1) is 0 Å². The van der Waals surface area contributed by atoms with Gasteiger partial charge in [-0.05, 0) is 6.42 Å². The van der Waals surface area contributed by atoms with Crippen LogP contribution in [0.1, 0.15) is 110 Å². The molecule has 0 unspecified atom stereocenters. The Kier molecular flexibility index (Phi) is 36.6. The van der Waals surface area contributed by atoms with Crippen LogP contribution < -0.4 is 0 Å². The molecule has 0 aliphatic rings. The number of hydrogen-bond donors (Lipinski definition) is 0. The summed E-state index contributed by atoms with van der Waals surface area (Å²) < 4.78 is 37.9. The predicted octanol–water partition coefficient (Wildman–Crippen LogP) is 7.51. The van der Waals surface area contributed by atoms with Gasteiger partial charge in [-0.1, -0.05) is 110 Å². The Bertz CT molecular complexity index is 437. The highest BCUT2D eigenvalue weighted by atomic mass is 16.6. The van der Waals surface area contributed by atoms with Crippen LogP contribution in [0.5, 0.6) is 0 Å². The minimum atomic E-state index is 0.519. The zero-order valence-corrected chi connectivity index (χ0v) is 25.6. The summed E-state index contributed by atoms with van der Waals surface area (Å²) in [6, 6.07) is 0. The highest BCUT2D eigenvalue weighted by Crippen LogP contribution is 2.13. The van der Waals surface area contributed by atoms with Crippen molar-refractivity contribution in [2.24, 2.45) is 0 Å². The third-order valence-electron chi connectivity index (χ3n) is 6.47. The van der Waals surface area contributed by atoms with Crippen LogP contribution in [-0.2, 0) is 33.2 Å². The van der Waals surface area contributed by atoms with Gasteiger partial charge in [-0.2, -0.15) is 0 Å². The lowest BCUT2D eigenvalue weighted by molar-refractivity contribution is -0.0185. The summed E-state index contributed by atoms with van der Waals surface area (Å²) in [5.74, 6) is 0. The monoisotopic (exact) mass is 560 g/mol. The van der Waals surface area contributed by atoms with Gasteiger partial charge in [0.2, 0.25) is 0 Å². The maximum Gasteiger partial charge on any atom is 0.111 e. The van der Waals surface area contributed by atoms with E-state index in [-0.39, 0.29) is 0 Å². The molecule has 0 bridgehead atoms. The third-order valence-corrected chi connectivity index (χ3v) is 6.47. The Hall–Kier alpha value is -0.700. The van der Waals surface area contributed by atoms with E-state index >= 15 is 0 Å². The van der Waals surface area contributed by atoms with E-state index in [1.54, 1.807) is 0 Å². The lowest BCUT2D eigenvalue weighted by Gasteiger charge is -2.08. The summed E-state index contributed by atoms with van der Waals surface area (Å²) in [5, 5.41) is 0. The summed E-state index contributed by atoms with van der Waals surface area (Å²) in [6.45, 7) is 13.4. The van der Waals surface area contributed by atoms with Crippen LogP contribution in [0.15, 0.2) is 12.8 Å². The normalized spacial score (nSPS) is 11.3. The molecule has 234 valence electrons. The first-order valence-electron chi connectivity index (χ1n) is 16.1. The van der Waals surface area contributed by atoms with Crippen LogP contribution in [0.25, 0.3) is 0 Å². The predicted molar refractivity (Wildman–Crippen MR) is 161 cm³/mol. The van der Waals surface area contributed by atoms with E-state index in [4.69, 9.17) is 33.2 Å². The molecule has 0 radical (unpaired) electrons. The molecule has 0 aliphatic heterocycles. The highest BCUT2D eigenvalue weighted by molar-refractivity contribution is 4.50. The Labute approximate surface area is 241 Å². The molecule has 0 saturated carbocycles. The number of hydrogen-bond acceptors (Lipinski definition) is 7. The summed E-state index contributed by atoms with van der Waals surface area (Å²) in [7, 11) is 0. The molecular weight excluding hydrogens is 496 g/mol. The van der Waals surface area contributed by atoms with Gasteiger partial charge in [-0.3, -0.25) is 0 Å². The Balaban J connectivity index is 3.02. The second-order valence-electron chi connectivity index (χ2n) is 10.0. The van der Waals surface area contributed by atoms with Crippen molar-refractivity contribution in [3.05, 3.63) is 12.8 Å². The Morgan fingerprint density at radius 2 is 0.590 bits per heavy atom. The molecule has 0 saturated heterocycles. The fraction of sp³-hybridized carbons (Fsp3) is 0.938. The lowest BCUT2D eigenvalue weighted by Crippen LogP contribution is -2.14. The van der Waals surface area contributed by atoms with Crippen molar-refractivity contribution >= 4 is 0 Å². The maximum atomic E-state index is 5.67. The largest absolute Gasteiger partial charge is 0.499 e. The van der Waals surface area contributed by atoms with Crippen molar-refractivity contribution in [1.82, 2.24) is 0 Å². The van der Waals surface area contributed by atoms with Crippen LogP contribution in [-0.4, -0.2) is 85.9 Å². The molecule has 0 aliphatic carbocycles. The molecule has 0 amide bonds. The molecule has 7 nitrogen and oxygen atoms in total. The summed E-state index contributed by atoms with van der Waals surface area (Å²) in [4.78, 5) is 0. The van der Waals surface area contributed by atoms with E-state index in [9.17, 15) is 0 Å². The van der Waals surface area contributed by atoms with Gasteiger partial charge in [0.15, 0.2) is 0 Å². The second-order valence-corrected chi connectivity index (χ2v) is 10.0. The highest BCUT2D eigenvalue weighted by Gasteiger charge is 1.96. The standard InChI is InChI=1S/C32H64O7/c1-3-5-6-7-8-9-10-11-12-13-14-15-16-17-18-19-20-34-23-24-36-27-28-38-31-32-39-30-29-37-26-25-35-22-21-33-4-2/h4H,2-3,5-32H2,1H3. The fourth-order valence-electron chi connectivity index (χ4n) is 4.14. The quantitative estimate of drug-likeness (QED) is 0.0580. The molecule has 0 aromatic carbocycles. The Morgan fingerprint density at radius 1 is 0.333 bits per heavy atom. The molecule has 7 heteroatoms. The van der Waals surface area contributed by atoms with Gasteiger partial charge < -0.3 is 33.2 Å². The van der Waals surface area contributed by atoms with Crippen molar-refractivity contribution in [3.8, 4) is 0 Å². The molecule has 0 N–H and O–H groups in total. The molecule has 0 atom stereocenters. The summed E-state index contributed by atoms with van der Waals surface area (Å²) in [5.41, 5.74) is 0. The van der Waals surface area contributed by atoms with Crippen molar-refractivity contribution < 1.29 is 33.2 Å². The SMILES string of the molecule is C=COCCOCCOCCOCCOCCOCCOCCCCCCCCCCCCCCCCCC. The zero-order chi connectivity index (χ0) is 28.2. The van der Waals surface area contributed by atoms with Crippen molar-refractivity contribution in [1.29, 1.82) is 0 Å². The van der Waals surface area contributed by atoms with E-state index in [1.807, 2.05) is 0 Å². The summed E-state index contributed by atoms with van der Waals surface area (Å²) >= 11 is 0. The topological polar surface area (TPSA) is 64.6 Å². The number of rotatable bonds is 36. The molecular formula is C32H64O7. The van der Waals surface area contributed by atoms with E-state index in [0.29, 0.717) is 79.3 Å². The smallest absolute Gasteiger partial charge is 0.111 e. The average Bonchev–Trinajstić information content (AvgIpc) is 2.95. The van der Waals surface area contributed by atoms with Crippen LogP contribution in [0.2, 0.25) is 0 Å². The minimum Gasteiger partial charge on any atom is -0.499 e. The van der Waals surface area contributed by atoms with Gasteiger partial charge >= 0.3 is 0 Å². The molecule has 0 heterocycles. The van der Waals surface area contributed by atoms with E-state index in [2.05, 4.69) is 13.5 Å². The Morgan fingerprint density at radius 3 is 0.897 bits per heavy atom. The van der Waals surface area contributed by atoms with Crippen molar-refractivity contribution in [2.45, 2.75) is 110 Å². The molecule has 0 rings (SSSR count). The fourth-order valence-corrected chi connectivity index (χ4v) is 4.14. The molecule has 39 heavy (non-hydrogen) atoms. The molecule has 0 fully saturated rings. The van der Waals surface area contributed by atoms with Gasteiger partial charge in [0.1, 0.15) is 6.61 Å². The van der Waals surface area contributed by atoms with Crippen molar-refractivity contribution in [2.75, 3.05) is 85.9 Å². The van der Waals surface area contributed by atoms with Gasteiger partial charge in [0.25, 0.3) is 0 Å². The van der Waals surface area contributed by atoms with Crippen LogP contribution >= 0.6 is 0 Å². The van der Waals surface area contributed by atoms with E-state index in [0.717, 1.165) is 13.0 Å². The van der Waals surface area contributed by atoms with Gasteiger partial charge in [-0.25, -0.2) is 0 Å². The first-order valence-corrected chi connectivity index (χ1v) is 16.1.